The van der Waals surface area contributed by atoms with E-state index in [2.05, 4.69) is 15.9 Å². The summed E-state index contributed by atoms with van der Waals surface area (Å²) in [5.74, 6) is 0.126. The van der Waals surface area contributed by atoms with Gasteiger partial charge in [0.1, 0.15) is 17.1 Å². The summed E-state index contributed by atoms with van der Waals surface area (Å²) in [5, 5.41) is 0.726. The van der Waals surface area contributed by atoms with Gasteiger partial charge in [0, 0.05) is 15.9 Å². The van der Waals surface area contributed by atoms with E-state index in [0.717, 1.165) is 16.5 Å². The molecule has 27 heavy (non-hydrogen) atoms. The van der Waals surface area contributed by atoms with E-state index in [1.54, 1.807) is 24.3 Å². The van der Waals surface area contributed by atoms with Gasteiger partial charge in [-0.3, -0.25) is 0 Å². The Morgan fingerprint density at radius 1 is 0.926 bits per heavy atom. The molecule has 0 aliphatic carbocycles. The highest BCUT2D eigenvalue weighted by Crippen LogP contribution is 2.30. The number of benzene rings is 3. The van der Waals surface area contributed by atoms with Gasteiger partial charge in [-0.1, -0.05) is 69.5 Å². The van der Waals surface area contributed by atoms with Gasteiger partial charge in [0.2, 0.25) is 0 Å². The van der Waals surface area contributed by atoms with Crippen molar-refractivity contribution in [2.75, 3.05) is 6.61 Å². The molecule has 0 N–H and O–H groups in total. The van der Waals surface area contributed by atoms with Gasteiger partial charge in [0.15, 0.2) is 0 Å². The first kappa shape index (κ1) is 19.7. The van der Waals surface area contributed by atoms with Crippen LogP contribution in [0, 0.1) is 0 Å². The van der Waals surface area contributed by atoms with Gasteiger partial charge in [-0.2, -0.15) is 0 Å². The fraction of sp³-hybridized carbons (Fsp3) is 0.0952. The van der Waals surface area contributed by atoms with Crippen LogP contribution in [-0.2, 0) is 6.42 Å². The van der Waals surface area contributed by atoms with Crippen molar-refractivity contribution in [1.82, 2.24) is 0 Å². The fourth-order valence-corrected chi connectivity index (χ4v) is 3.23. The number of hydrogen-bond acceptors (Lipinski definition) is 3. The van der Waals surface area contributed by atoms with Gasteiger partial charge in [-0.05, 0) is 42.0 Å². The monoisotopic (exact) mass is 464 g/mol. The summed E-state index contributed by atoms with van der Waals surface area (Å²) in [6.07, 6.45) is 0.731. The van der Waals surface area contributed by atoms with Crippen LogP contribution >= 0.6 is 39.1 Å². The number of ether oxygens (including phenoxy) is 2. The summed E-state index contributed by atoms with van der Waals surface area (Å²) >= 11 is 15.3. The first-order valence-corrected chi connectivity index (χ1v) is 9.71. The maximum Gasteiger partial charge on any atom is 0.347 e. The van der Waals surface area contributed by atoms with Crippen molar-refractivity contribution in [3.05, 3.63) is 92.4 Å². The number of esters is 1. The zero-order valence-electron chi connectivity index (χ0n) is 14.1. The molecule has 138 valence electrons. The Balaban J connectivity index is 1.73. The maximum absolute atomic E-state index is 12.6. The highest BCUT2D eigenvalue weighted by molar-refractivity contribution is 9.10. The predicted octanol–water partition coefficient (Wildman–Crippen LogP) is 6.60. The molecule has 0 aliphatic rings. The van der Waals surface area contributed by atoms with Crippen molar-refractivity contribution in [3.8, 4) is 11.5 Å². The van der Waals surface area contributed by atoms with E-state index in [9.17, 15) is 4.79 Å². The number of hydrogen-bond donors (Lipinski definition) is 0. The van der Waals surface area contributed by atoms with Crippen molar-refractivity contribution < 1.29 is 14.3 Å². The Kier molecular flexibility index (Phi) is 6.78. The predicted molar refractivity (Wildman–Crippen MR) is 111 cm³/mol. The Labute approximate surface area is 176 Å². The quantitative estimate of drug-likeness (QED) is 0.304. The standard InChI is InChI=1S/C21H15BrCl2O3/c22-15-6-8-19(26-11-10-14-4-2-1-3-5-14)17(12-15)21(25)27-20-9-7-16(23)13-18(20)24/h1-9,12-13H,10-11H2. The molecule has 0 heterocycles. The largest absolute Gasteiger partial charge is 0.492 e. The second-order valence-electron chi connectivity index (χ2n) is 5.69. The lowest BCUT2D eigenvalue weighted by molar-refractivity contribution is 0.0730. The van der Waals surface area contributed by atoms with Gasteiger partial charge in [0.05, 0.1) is 11.6 Å². The van der Waals surface area contributed by atoms with Crippen molar-refractivity contribution in [1.29, 1.82) is 0 Å². The van der Waals surface area contributed by atoms with Crippen molar-refractivity contribution in [2.24, 2.45) is 0 Å². The molecule has 0 amide bonds. The van der Waals surface area contributed by atoms with E-state index < -0.39 is 5.97 Å². The van der Waals surface area contributed by atoms with Crippen LogP contribution in [0.25, 0.3) is 0 Å². The van der Waals surface area contributed by atoms with Crippen LogP contribution in [0.3, 0.4) is 0 Å². The van der Waals surface area contributed by atoms with Crippen LogP contribution in [-0.4, -0.2) is 12.6 Å². The molecule has 3 aromatic rings. The molecule has 0 fully saturated rings. The van der Waals surface area contributed by atoms with E-state index >= 15 is 0 Å². The molecule has 0 spiro atoms. The molecule has 0 aromatic heterocycles. The van der Waals surface area contributed by atoms with E-state index in [1.165, 1.54) is 6.07 Å². The average molecular weight is 466 g/mol. The second kappa shape index (κ2) is 9.27. The normalized spacial score (nSPS) is 10.5. The third-order valence-corrected chi connectivity index (χ3v) is 4.77. The molecular weight excluding hydrogens is 451 g/mol. The van der Waals surface area contributed by atoms with Crippen LogP contribution in [0.4, 0.5) is 0 Å². The SMILES string of the molecule is O=C(Oc1ccc(Cl)cc1Cl)c1cc(Br)ccc1OCCc1ccccc1. The van der Waals surface area contributed by atoms with Gasteiger partial charge in [-0.15, -0.1) is 0 Å². The van der Waals surface area contributed by atoms with E-state index in [4.69, 9.17) is 32.7 Å². The molecule has 6 heteroatoms. The molecule has 0 aliphatic heterocycles. The summed E-state index contributed by atoms with van der Waals surface area (Å²) in [6.45, 7) is 0.438. The lowest BCUT2D eigenvalue weighted by atomic mass is 10.1. The molecule has 0 atom stereocenters. The smallest absolute Gasteiger partial charge is 0.347 e. The second-order valence-corrected chi connectivity index (χ2v) is 7.45. The minimum Gasteiger partial charge on any atom is -0.492 e. The minimum atomic E-state index is -0.560. The van der Waals surface area contributed by atoms with Crippen LogP contribution in [0.5, 0.6) is 11.5 Å². The zero-order valence-corrected chi connectivity index (χ0v) is 17.2. The topological polar surface area (TPSA) is 35.5 Å². The van der Waals surface area contributed by atoms with E-state index in [0.29, 0.717) is 22.9 Å². The molecule has 3 nitrogen and oxygen atoms in total. The minimum absolute atomic E-state index is 0.237. The van der Waals surface area contributed by atoms with Crippen molar-refractivity contribution in [3.63, 3.8) is 0 Å². The summed E-state index contributed by atoms with van der Waals surface area (Å²) in [5.41, 5.74) is 1.47. The summed E-state index contributed by atoms with van der Waals surface area (Å²) in [4.78, 5) is 12.6. The Bertz CT molecular complexity index is 945. The van der Waals surface area contributed by atoms with Crippen molar-refractivity contribution >= 4 is 45.1 Å². The molecule has 0 saturated heterocycles. The first-order chi connectivity index (χ1) is 13.0. The Hall–Kier alpha value is -2.01. The highest BCUT2D eigenvalue weighted by Gasteiger charge is 2.17. The number of rotatable bonds is 6. The van der Waals surface area contributed by atoms with Crippen molar-refractivity contribution in [2.45, 2.75) is 6.42 Å². The lowest BCUT2D eigenvalue weighted by Crippen LogP contribution is -2.12. The lowest BCUT2D eigenvalue weighted by Gasteiger charge is -2.12. The van der Waals surface area contributed by atoms with Crippen LogP contribution in [0.2, 0.25) is 10.0 Å². The van der Waals surface area contributed by atoms with Gasteiger partial charge in [-0.25, -0.2) is 4.79 Å². The molecule has 0 bridgehead atoms. The number of carbonyl (C=O) groups excluding carboxylic acids is 1. The Morgan fingerprint density at radius 2 is 1.67 bits per heavy atom. The molecular formula is C21H15BrCl2O3. The molecule has 0 unspecified atom stereocenters. The Morgan fingerprint density at radius 3 is 2.41 bits per heavy atom. The zero-order chi connectivity index (χ0) is 19.2. The van der Waals surface area contributed by atoms with Gasteiger partial charge < -0.3 is 9.47 Å². The molecule has 3 rings (SSSR count). The molecule has 3 aromatic carbocycles. The summed E-state index contributed by atoms with van der Waals surface area (Å²) < 4.78 is 12.0. The average Bonchev–Trinajstić information content (AvgIpc) is 2.66. The number of carbonyl (C=O) groups is 1. The van der Waals surface area contributed by atoms with Gasteiger partial charge >= 0.3 is 5.97 Å². The van der Waals surface area contributed by atoms with Gasteiger partial charge in [0.25, 0.3) is 0 Å². The van der Waals surface area contributed by atoms with E-state index in [-0.39, 0.29) is 10.8 Å². The fourth-order valence-electron chi connectivity index (χ4n) is 2.42. The first-order valence-electron chi connectivity index (χ1n) is 8.16. The summed E-state index contributed by atoms with van der Waals surface area (Å²) in [6, 6.07) is 19.9. The molecule has 0 radical (unpaired) electrons. The summed E-state index contributed by atoms with van der Waals surface area (Å²) in [7, 11) is 0. The van der Waals surface area contributed by atoms with Crippen LogP contribution in [0.1, 0.15) is 15.9 Å². The van der Waals surface area contributed by atoms with Crippen LogP contribution in [0.15, 0.2) is 71.2 Å². The third-order valence-electron chi connectivity index (χ3n) is 3.75. The molecule has 0 saturated carbocycles. The number of halogens is 3. The third kappa shape index (κ3) is 5.48. The van der Waals surface area contributed by atoms with E-state index in [1.807, 2.05) is 36.4 Å². The highest BCUT2D eigenvalue weighted by atomic mass is 79.9. The van der Waals surface area contributed by atoms with Crippen LogP contribution < -0.4 is 9.47 Å². The maximum atomic E-state index is 12.6.